The Morgan fingerprint density at radius 3 is 3.00 bits per heavy atom. The van der Waals surface area contributed by atoms with Gasteiger partial charge in [0.25, 0.3) is 0 Å². The SMILES string of the molecule is CC1CCN(Cc2cccs2)C(CN)C1.Cl. The summed E-state index contributed by atoms with van der Waals surface area (Å²) in [6, 6.07) is 4.94. The minimum absolute atomic E-state index is 0. The molecule has 2 unspecified atom stereocenters. The van der Waals surface area contributed by atoms with Crippen molar-refractivity contribution in [1.82, 2.24) is 4.90 Å². The van der Waals surface area contributed by atoms with E-state index in [1.807, 2.05) is 11.3 Å². The molecule has 2 rings (SSSR count). The molecule has 2 N–H and O–H groups in total. The van der Waals surface area contributed by atoms with Crippen molar-refractivity contribution in [3.05, 3.63) is 22.4 Å². The number of hydrogen-bond donors (Lipinski definition) is 1. The van der Waals surface area contributed by atoms with Gasteiger partial charge in [0.1, 0.15) is 0 Å². The lowest BCUT2D eigenvalue weighted by atomic mass is 9.92. The molecule has 1 aliphatic rings. The van der Waals surface area contributed by atoms with Gasteiger partial charge in [-0.1, -0.05) is 13.0 Å². The normalized spacial score (nSPS) is 26.4. The molecular weight excluding hydrogens is 240 g/mol. The molecule has 0 spiro atoms. The first-order valence-electron chi connectivity index (χ1n) is 5.76. The van der Waals surface area contributed by atoms with Crippen molar-refractivity contribution in [2.45, 2.75) is 32.4 Å². The van der Waals surface area contributed by atoms with Crippen molar-refractivity contribution in [2.24, 2.45) is 11.7 Å². The number of hydrogen-bond acceptors (Lipinski definition) is 3. The average molecular weight is 261 g/mol. The van der Waals surface area contributed by atoms with E-state index in [-0.39, 0.29) is 12.4 Å². The molecule has 0 saturated carbocycles. The van der Waals surface area contributed by atoms with Crippen LogP contribution in [0.4, 0.5) is 0 Å². The highest BCUT2D eigenvalue weighted by Gasteiger charge is 2.25. The Hall–Kier alpha value is -0.0900. The Morgan fingerprint density at radius 1 is 1.56 bits per heavy atom. The van der Waals surface area contributed by atoms with E-state index >= 15 is 0 Å². The van der Waals surface area contributed by atoms with Gasteiger partial charge in [0, 0.05) is 24.0 Å². The molecule has 0 aliphatic carbocycles. The van der Waals surface area contributed by atoms with Crippen LogP contribution in [0.3, 0.4) is 0 Å². The summed E-state index contributed by atoms with van der Waals surface area (Å²) in [5.41, 5.74) is 5.85. The van der Waals surface area contributed by atoms with Crippen molar-refractivity contribution in [1.29, 1.82) is 0 Å². The lowest BCUT2D eigenvalue weighted by Gasteiger charge is -2.37. The molecule has 1 aliphatic heterocycles. The zero-order valence-corrected chi connectivity index (χ0v) is 11.4. The number of thiophene rings is 1. The number of halogens is 1. The molecule has 1 aromatic heterocycles. The second-order valence-corrected chi connectivity index (χ2v) is 5.60. The summed E-state index contributed by atoms with van der Waals surface area (Å²) < 4.78 is 0. The minimum atomic E-state index is 0. The molecule has 1 fully saturated rings. The number of nitrogens with two attached hydrogens (primary N) is 1. The Labute approximate surface area is 108 Å². The highest BCUT2D eigenvalue weighted by atomic mass is 35.5. The Balaban J connectivity index is 0.00000128. The number of rotatable bonds is 3. The van der Waals surface area contributed by atoms with Gasteiger partial charge < -0.3 is 5.73 Å². The van der Waals surface area contributed by atoms with Gasteiger partial charge in [-0.15, -0.1) is 23.7 Å². The maximum absolute atomic E-state index is 5.85. The fourth-order valence-electron chi connectivity index (χ4n) is 2.36. The molecule has 1 saturated heterocycles. The smallest absolute Gasteiger partial charge is 0.0331 e. The third kappa shape index (κ3) is 3.45. The fourth-order valence-corrected chi connectivity index (χ4v) is 3.09. The van der Waals surface area contributed by atoms with Crippen LogP contribution in [0.2, 0.25) is 0 Å². The minimum Gasteiger partial charge on any atom is -0.329 e. The second-order valence-electron chi connectivity index (χ2n) is 4.57. The van der Waals surface area contributed by atoms with E-state index in [1.165, 1.54) is 24.3 Å². The van der Waals surface area contributed by atoms with Gasteiger partial charge >= 0.3 is 0 Å². The van der Waals surface area contributed by atoms with Gasteiger partial charge in [0.05, 0.1) is 0 Å². The molecule has 0 bridgehead atoms. The average Bonchev–Trinajstić information content (AvgIpc) is 2.73. The Bertz CT molecular complexity index is 289. The van der Waals surface area contributed by atoms with Crippen LogP contribution in [0, 0.1) is 5.92 Å². The van der Waals surface area contributed by atoms with Crippen molar-refractivity contribution in [3.63, 3.8) is 0 Å². The lowest BCUT2D eigenvalue weighted by molar-refractivity contribution is 0.116. The molecule has 2 nitrogen and oxygen atoms in total. The third-order valence-corrected chi connectivity index (χ3v) is 4.17. The Kier molecular flexibility index (Phi) is 5.76. The highest BCUT2D eigenvalue weighted by Crippen LogP contribution is 2.24. The molecule has 0 aromatic carbocycles. The van der Waals surface area contributed by atoms with Crippen molar-refractivity contribution in [2.75, 3.05) is 13.1 Å². The zero-order valence-electron chi connectivity index (χ0n) is 9.76. The summed E-state index contributed by atoms with van der Waals surface area (Å²) in [6.45, 7) is 5.44. The summed E-state index contributed by atoms with van der Waals surface area (Å²) >= 11 is 1.85. The maximum Gasteiger partial charge on any atom is 0.0331 e. The topological polar surface area (TPSA) is 29.3 Å². The van der Waals surface area contributed by atoms with Crippen LogP contribution in [-0.2, 0) is 6.54 Å². The molecule has 2 heterocycles. The largest absolute Gasteiger partial charge is 0.329 e. The van der Waals surface area contributed by atoms with Gasteiger partial charge in [-0.05, 0) is 36.8 Å². The van der Waals surface area contributed by atoms with E-state index in [4.69, 9.17) is 5.73 Å². The van der Waals surface area contributed by atoms with Gasteiger partial charge in [-0.2, -0.15) is 0 Å². The first-order valence-corrected chi connectivity index (χ1v) is 6.64. The Morgan fingerprint density at radius 2 is 2.38 bits per heavy atom. The molecule has 2 atom stereocenters. The van der Waals surface area contributed by atoms with Crippen LogP contribution in [0.25, 0.3) is 0 Å². The predicted octanol–water partition coefficient (Wildman–Crippen LogP) is 2.73. The van der Waals surface area contributed by atoms with Crippen LogP contribution in [-0.4, -0.2) is 24.0 Å². The summed E-state index contributed by atoms with van der Waals surface area (Å²) in [4.78, 5) is 4.01. The molecule has 0 radical (unpaired) electrons. The monoisotopic (exact) mass is 260 g/mol. The molecule has 4 heteroatoms. The molecular formula is C12H21ClN2S. The first kappa shape index (κ1) is 14.0. The van der Waals surface area contributed by atoms with Crippen LogP contribution >= 0.6 is 23.7 Å². The zero-order chi connectivity index (χ0) is 10.7. The van der Waals surface area contributed by atoms with Crippen molar-refractivity contribution >= 4 is 23.7 Å². The van der Waals surface area contributed by atoms with E-state index in [0.717, 1.165) is 19.0 Å². The van der Waals surface area contributed by atoms with Gasteiger partial charge in [-0.25, -0.2) is 0 Å². The predicted molar refractivity (Wildman–Crippen MR) is 73.2 cm³/mol. The molecule has 16 heavy (non-hydrogen) atoms. The summed E-state index contributed by atoms with van der Waals surface area (Å²) in [5, 5.41) is 2.15. The van der Waals surface area contributed by atoms with E-state index in [0.29, 0.717) is 6.04 Å². The summed E-state index contributed by atoms with van der Waals surface area (Å²) in [6.07, 6.45) is 2.59. The standard InChI is InChI=1S/C12H20N2S.ClH/c1-10-4-5-14(11(7-10)8-13)9-12-3-2-6-15-12;/h2-3,6,10-11H,4-5,7-9,13H2,1H3;1H. The summed E-state index contributed by atoms with van der Waals surface area (Å²) in [7, 11) is 0. The fraction of sp³-hybridized carbons (Fsp3) is 0.667. The third-order valence-electron chi connectivity index (χ3n) is 3.31. The van der Waals surface area contributed by atoms with Crippen LogP contribution in [0.1, 0.15) is 24.6 Å². The van der Waals surface area contributed by atoms with Crippen molar-refractivity contribution < 1.29 is 0 Å². The molecule has 92 valence electrons. The molecule has 1 aromatic rings. The lowest BCUT2D eigenvalue weighted by Crippen LogP contribution is -2.45. The first-order chi connectivity index (χ1) is 7.29. The van der Waals surface area contributed by atoms with E-state index < -0.39 is 0 Å². The second kappa shape index (κ2) is 6.60. The van der Waals surface area contributed by atoms with Crippen molar-refractivity contribution in [3.8, 4) is 0 Å². The van der Waals surface area contributed by atoms with Gasteiger partial charge in [0.15, 0.2) is 0 Å². The number of likely N-dealkylation sites (tertiary alicyclic amines) is 1. The molecule has 0 amide bonds. The quantitative estimate of drug-likeness (QED) is 0.906. The van der Waals surface area contributed by atoms with E-state index in [1.54, 1.807) is 0 Å². The number of nitrogens with zero attached hydrogens (tertiary/aromatic N) is 1. The van der Waals surface area contributed by atoms with Gasteiger partial charge in [-0.3, -0.25) is 4.90 Å². The number of piperidine rings is 1. The van der Waals surface area contributed by atoms with Gasteiger partial charge in [0.2, 0.25) is 0 Å². The highest BCUT2D eigenvalue weighted by molar-refractivity contribution is 7.09. The van der Waals surface area contributed by atoms with Crippen LogP contribution < -0.4 is 5.73 Å². The van der Waals surface area contributed by atoms with Crippen LogP contribution in [0.15, 0.2) is 17.5 Å². The van der Waals surface area contributed by atoms with E-state index in [2.05, 4.69) is 29.3 Å². The summed E-state index contributed by atoms with van der Waals surface area (Å²) in [5.74, 6) is 0.845. The van der Waals surface area contributed by atoms with E-state index in [9.17, 15) is 0 Å². The maximum atomic E-state index is 5.85. The van der Waals surface area contributed by atoms with Crippen LogP contribution in [0.5, 0.6) is 0 Å².